The second-order valence-corrected chi connectivity index (χ2v) is 8.90. The third kappa shape index (κ3) is 5.13. The highest BCUT2D eigenvalue weighted by Crippen LogP contribution is 2.27. The van der Waals surface area contributed by atoms with Crippen LogP contribution in [0.1, 0.15) is 10.5 Å². The molecule has 0 aliphatic carbocycles. The maximum atomic E-state index is 12.9. The molecule has 2 heterocycles. The Kier molecular flexibility index (Phi) is 6.29. The standard InChI is InChI=1S/C22H18ClN5O4S/c1-32-22-19(33(30,31)28-16-9-7-15(23)8-10-16)11-17(12-25-22)26-21(29)18-13-24-20(27-18)14-5-3-2-4-6-14/h2-13,28H,1H3,(H,24,27)(H,26,29). The minimum absolute atomic E-state index is 0.123. The molecule has 2 aromatic heterocycles. The molecule has 4 rings (SSSR count). The Morgan fingerprint density at radius 2 is 1.73 bits per heavy atom. The maximum absolute atomic E-state index is 12.9. The number of carbonyl (C=O) groups is 1. The van der Waals surface area contributed by atoms with Crippen LogP contribution in [-0.4, -0.2) is 36.4 Å². The van der Waals surface area contributed by atoms with Gasteiger partial charge in [0.2, 0.25) is 5.88 Å². The fourth-order valence-corrected chi connectivity index (χ4v) is 4.28. The number of halogens is 1. The van der Waals surface area contributed by atoms with E-state index in [1.54, 1.807) is 12.1 Å². The lowest BCUT2D eigenvalue weighted by molar-refractivity contribution is 0.102. The van der Waals surface area contributed by atoms with Gasteiger partial charge < -0.3 is 15.0 Å². The summed E-state index contributed by atoms with van der Waals surface area (Å²) in [6.07, 6.45) is 2.70. The molecule has 0 aliphatic heterocycles. The van der Waals surface area contributed by atoms with Crippen molar-refractivity contribution in [2.24, 2.45) is 0 Å². The number of pyridine rings is 1. The summed E-state index contributed by atoms with van der Waals surface area (Å²) < 4.78 is 33.4. The van der Waals surface area contributed by atoms with Crippen LogP contribution in [0.2, 0.25) is 5.02 Å². The summed E-state index contributed by atoms with van der Waals surface area (Å²) in [6.45, 7) is 0. The van der Waals surface area contributed by atoms with E-state index < -0.39 is 15.9 Å². The zero-order chi connectivity index (χ0) is 23.4. The van der Waals surface area contributed by atoms with Crippen LogP contribution >= 0.6 is 11.6 Å². The molecule has 0 radical (unpaired) electrons. The predicted molar refractivity (Wildman–Crippen MR) is 125 cm³/mol. The first-order valence-corrected chi connectivity index (χ1v) is 11.5. The first-order chi connectivity index (χ1) is 15.9. The van der Waals surface area contributed by atoms with E-state index in [4.69, 9.17) is 16.3 Å². The number of aromatic amines is 1. The van der Waals surface area contributed by atoms with Gasteiger partial charge in [-0.1, -0.05) is 41.9 Å². The summed E-state index contributed by atoms with van der Waals surface area (Å²) in [4.78, 5) is 23.6. The lowest BCUT2D eigenvalue weighted by Crippen LogP contribution is -2.17. The number of hydrogen-bond donors (Lipinski definition) is 3. The van der Waals surface area contributed by atoms with Gasteiger partial charge in [0.1, 0.15) is 11.5 Å². The van der Waals surface area contributed by atoms with E-state index in [9.17, 15) is 13.2 Å². The van der Waals surface area contributed by atoms with Gasteiger partial charge in [0.15, 0.2) is 4.90 Å². The predicted octanol–water partition coefficient (Wildman–Crippen LogP) is 4.19. The lowest BCUT2D eigenvalue weighted by atomic mass is 10.2. The molecule has 0 aliphatic rings. The van der Waals surface area contributed by atoms with Gasteiger partial charge in [-0.3, -0.25) is 9.52 Å². The van der Waals surface area contributed by atoms with Crippen LogP contribution in [-0.2, 0) is 10.0 Å². The molecule has 33 heavy (non-hydrogen) atoms. The van der Waals surface area contributed by atoms with Gasteiger partial charge >= 0.3 is 0 Å². The molecular weight excluding hydrogens is 466 g/mol. The van der Waals surface area contributed by atoms with Crippen molar-refractivity contribution in [3.05, 3.63) is 83.8 Å². The molecule has 0 unspecified atom stereocenters. The quantitative estimate of drug-likeness (QED) is 0.362. The highest BCUT2D eigenvalue weighted by Gasteiger charge is 2.23. The summed E-state index contributed by atoms with van der Waals surface area (Å²) in [5.41, 5.74) is 1.49. The van der Waals surface area contributed by atoms with Crippen molar-refractivity contribution in [1.29, 1.82) is 0 Å². The minimum Gasteiger partial charge on any atom is -0.480 e. The smallest absolute Gasteiger partial charge is 0.273 e. The number of H-pyrrole nitrogens is 1. The monoisotopic (exact) mass is 483 g/mol. The van der Waals surface area contributed by atoms with Gasteiger partial charge in [-0.25, -0.2) is 18.4 Å². The Morgan fingerprint density at radius 1 is 1.00 bits per heavy atom. The van der Waals surface area contributed by atoms with Gasteiger partial charge in [0.25, 0.3) is 15.9 Å². The Balaban J connectivity index is 1.57. The Bertz CT molecular complexity index is 1390. The summed E-state index contributed by atoms with van der Waals surface area (Å²) in [6, 6.07) is 16.7. The number of methoxy groups -OCH3 is 1. The highest BCUT2D eigenvalue weighted by molar-refractivity contribution is 7.92. The van der Waals surface area contributed by atoms with E-state index in [1.807, 2.05) is 30.3 Å². The molecule has 2 aromatic carbocycles. The zero-order valence-corrected chi connectivity index (χ0v) is 18.8. The van der Waals surface area contributed by atoms with E-state index in [0.717, 1.165) is 5.56 Å². The number of anilines is 2. The summed E-state index contributed by atoms with van der Waals surface area (Å²) in [5, 5.41) is 3.09. The molecule has 9 nitrogen and oxygen atoms in total. The first kappa shape index (κ1) is 22.3. The van der Waals surface area contributed by atoms with Crippen LogP contribution in [0.5, 0.6) is 5.88 Å². The van der Waals surface area contributed by atoms with E-state index in [1.165, 1.54) is 37.7 Å². The number of imidazole rings is 1. The maximum Gasteiger partial charge on any atom is 0.273 e. The zero-order valence-electron chi connectivity index (χ0n) is 17.2. The van der Waals surface area contributed by atoms with Gasteiger partial charge in [-0.05, 0) is 30.3 Å². The molecule has 0 spiro atoms. The SMILES string of the molecule is COc1ncc(NC(=O)c2cnc(-c3ccccc3)[nH]2)cc1S(=O)(=O)Nc1ccc(Cl)cc1. The number of sulfonamides is 1. The number of amides is 1. The molecule has 0 bridgehead atoms. The number of hydrogen-bond acceptors (Lipinski definition) is 6. The fourth-order valence-electron chi connectivity index (χ4n) is 2.95. The van der Waals surface area contributed by atoms with Crippen molar-refractivity contribution >= 4 is 38.9 Å². The van der Waals surface area contributed by atoms with Crippen LogP contribution < -0.4 is 14.8 Å². The second kappa shape index (κ2) is 9.31. The van der Waals surface area contributed by atoms with Gasteiger partial charge in [-0.2, -0.15) is 0 Å². The van der Waals surface area contributed by atoms with Gasteiger partial charge in [0, 0.05) is 16.3 Å². The highest BCUT2D eigenvalue weighted by atomic mass is 35.5. The lowest BCUT2D eigenvalue weighted by Gasteiger charge is -2.12. The molecule has 0 fully saturated rings. The summed E-state index contributed by atoms with van der Waals surface area (Å²) >= 11 is 5.85. The Hall–Kier alpha value is -3.89. The van der Waals surface area contributed by atoms with Crippen molar-refractivity contribution < 1.29 is 17.9 Å². The van der Waals surface area contributed by atoms with Crippen molar-refractivity contribution in [2.75, 3.05) is 17.1 Å². The topological polar surface area (TPSA) is 126 Å². The third-order valence-corrected chi connectivity index (χ3v) is 6.15. The van der Waals surface area contributed by atoms with Crippen molar-refractivity contribution in [1.82, 2.24) is 15.0 Å². The Morgan fingerprint density at radius 3 is 2.42 bits per heavy atom. The van der Waals surface area contributed by atoms with Crippen molar-refractivity contribution in [2.45, 2.75) is 4.90 Å². The van der Waals surface area contributed by atoms with E-state index in [2.05, 4.69) is 25.0 Å². The normalized spacial score (nSPS) is 11.1. The van der Waals surface area contributed by atoms with E-state index >= 15 is 0 Å². The number of nitrogens with zero attached hydrogens (tertiary/aromatic N) is 2. The largest absolute Gasteiger partial charge is 0.480 e. The first-order valence-electron chi connectivity index (χ1n) is 9.60. The van der Waals surface area contributed by atoms with Gasteiger partial charge in [-0.15, -0.1) is 0 Å². The molecule has 3 N–H and O–H groups in total. The molecule has 0 saturated heterocycles. The molecule has 0 atom stereocenters. The van der Waals surface area contributed by atoms with Crippen LogP contribution in [0.4, 0.5) is 11.4 Å². The fraction of sp³-hybridized carbons (Fsp3) is 0.0455. The number of ether oxygens (including phenoxy) is 1. The molecule has 168 valence electrons. The Labute approximate surface area is 194 Å². The number of aromatic nitrogens is 3. The third-order valence-electron chi connectivity index (χ3n) is 4.52. The summed E-state index contributed by atoms with van der Waals surface area (Å²) in [7, 11) is -2.77. The summed E-state index contributed by atoms with van der Waals surface area (Å²) in [5.74, 6) is -0.0999. The molecular formula is C22H18ClN5O4S. The molecule has 4 aromatic rings. The van der Waals surface area contributed by atoms with Crippen molar-refractivity contribution in [3.63, 3.8) is 0 Å². The second-order valence-electron chi connectivity index (χ2n) is 6.81. The molecule has 11 heteroatoms. The van der Waals surface area contributed by atoms with Gasteiger partial charge in [0.05, 0.1) is 25.2 Å². The molecule has 0 saturated carbocycles. The number of nitrogens with one attached hydrogen (secondary N) is 3. The average Bonchev–Trinajstić information content (AvgIpc) is 3.32. The van der Waals surface area contributed by atoms with E-state index in [0.29, 0.717) is 16.5 Å². The number of carbonyl (C=O) groups excluding carboxylic acids is 1. The van der Waals surface area contributed by atoms with E-state index in [-0.39, 0.29) is 22.2 Å². The van der Waals surface area contributed by atoms with Crippen LogP contribution in [0.3, 0.4) is 0 Å². The minimum atomic E-state index is -4.08. The van der Waals surface area contributed by atoms with Crippen LogP contribution in [0.15, 0.2) is 78.0 Å². The molecule has 1 amide bonds. The number of benzene rings is 2. The number of rotatable bonds is 7. The van der Waals surface area contributed by atoms with Crippen LogP contribution in [0.25, 0.3) is 11.4 Å². The van der Waals surface area contributed by atoms with Crippen molar-refractivity contribution in [3.8, 4) is 17.3 Å². The average molecular weight is 484 g/mol. The van der Waals surface area contributed by atoms with Crippen LogP contribution in [0, 0.1) is 0 Å².